The van der Waals surface area contributed by atoms with Crippen molar-refractivity contribution in [2.45, 2.75) is 13.0 Å². The molecular weight excluding hydrogens is 356 g/mol. The number of imidazole rings is 1. The van der Waals surface area contributed by atoms with Crippen LogP contribution in [-0.4, -0.2) is 37.1 Å². The molecule has 0 aliphatic carbocycles. The van der Waals surface area contributed by atoms with Crippen molar-refractivity contribution in [3.05, 3.63) is 69.4 Å². The number of fused-ring (bicyclic) bond motifs is 1. The van der Waals surface area contributed by atoms with Crippen LogP contribution >= 0.6 is 0 Å². The summed E-state index contributed by atoms with van der Waals surface area (Å²) in [6.07, 6.45) is 0.492. The van der Waals surface area contributed by atoms with Gasteiger partial charge < -0.3 is 9.88 Å². The molecule has 0 unspecified atom stereocenters. The van der Waals surface area contributed by atoms with Gasteiger partial charge >= 0.3 is 0 Å². The van der Waals surface area contributed by atoms with Crippen LogP contribution in [0.15, 0.2) is 35.1 Å². The van der Waals surface area contributed by atoms with Crippen molar-refractivity contribution in [3.8, 4) is 11.4 Å². The van der Waals surface area contributed by atoms with E-state index in [0.717, 1.165) is 16.4 Å². The fourth-order valence-corrected chi connectivity index (χ4v) is 3.05. The Balaban J connectivity index is 1.60. The van der Waals surface area contributed by atoms with Gasteiger partial charge in [-0.05, 0) is 18.2 Å². The zero-order chi connectivity index (χ0) is 19.1. The van der Waals surface area contributed by atoms with E-state index in [4.69, 9.17) is 0 Å². The van der Waals surface area contributed by atoms with E-state index < -0.39 is 11.6 Å². The van der Waals surface area contributed by atoms with E-state index in [-0.39, 0.29) is 29.3 Å². The van der Waals surface area contributed by atoms with Gasteiger partial charge in [0.2, 0.25) is 0 Å². The molecule has 1 N–H and O–H groups in total. The van der Waals surface area contributed by atoms with Crippen molar-refractivity contribution in [2.75, 3.05) is 6.54 Å². The third-order valence-corrected chi connectivity index (χ3v) is 4.48. The SMILES string of the molecule is Cn1nc(C(=O)N2CCc3nc(-c4ccc(F)cc4F)[nH]c3C2)ccc1=O. The van der Waals surface area contributed by atoms with Crippen molar-refractivity contribution in [1.29, 1.82) is 0 Å². The quantitative estimate of drug-likeness (QED) is 0.742. The van der Waals surface area contributed by atoms with Gasteiger partial charge in [-0.25, -0.2) is 18.4 Å². The summed E-state index contributed by atoms with van der Waals surface area (Å²) in [5, 5.41) is 3.98. The monoisotopic (exact) mass is 371 g/mol. The number of rotatable bonds is 2. The smallest absolute Gasteiger partial charge is 0.274 e. The van der Waals surface area contributed by atoms with Crippen LogP contribution in [0.2, 0.25) is 0 Å². The molecule has 0 saturated heterocycles. The number of nitrogens with one attached hydrogen (secondary N) is 1. The van der Waals surface area contributed by atoms with E-state index in [1.807, 2.05) is 0 Å². The maximum absolute atomic E-state index is 14.0. The summed E-state index contributed by atoms with van der Waals surface area (Å²) >= 11 is 0. The molecule has 1 aliphatic rings. The number of halogens is 2. The van der Waals surface area contributed by atoms with Gasteiger partial charge in [0.05, 0.1) is 23.5 Å². The Bertz CT molecular complexity index is 1110. The largest absolute Gasteiger partial charge is 0.340 e. The molecule has 3 heterocycles. The Kier molecular flexibility index (Phi) is 4.06. The maximum Gasteiger partial charge on any atom is 0.274 e. The molecule has 138 valence electrons. The van der Waals surface area contributed by atoms with E-state index in [9.17, 15) is 18.4 Å². The molecule has 4 rings (SSSR count). The summed E-state index contributed by atoms with van der Waals surface area (Å²) in [6.45, 7) is 0.682. The zero-order valence-corrected chi connectivity index (χ0v) is 14.4. The number of aromatic nitrogens is 4. The van der Waals surface area contributed by atoms with Crippen LogP contribution in [0.1, 0.15) is 21.9 Å². The molecule has 0 atom stereocenters. The fraction of sp³-hybridized carbons (Fsp3) is 0.222. The summed E-state index contributed by atoms with van der Waals surface area (Å²) in [5.41, 5.74) is 1.48. The topological polar surface area (TPSA) is 83.9 Å². The average molecular weight is 371 g/mol. The standard InChI is InChI=1S/C18H15F2N5O2/c1-24-16(26)5-4-14(23-24)18(27)25-7-6-13-15(9-25)22-17(21-13)11-3-2-10(19)8-12(11)20/h2-5,8H,6-7,9H2,1H3,(H,21,22). The summed E-state index contributed by atoms with van der Waals surface area (Å²) in [6, 6.07) is 5.99. The number of aromatic amines is 1. The molecule has 1 aromatic carbocycles. The Morgan fingerprint density at radius 1 is 1.22 bits per heavy atom. The molecule has 1 amide bonds. The first kappa shape index (κ1) is 17.1. The number of benzene rings is 1. The highest BCUT2D eigenvalue weighted by Crippen LogP contribution is 2.25. The van der Waals surface area contributed by atoms with E-state index in [1.54, 1.807) is 4.90 Å². The summed E-state index contributed by atoms with van der Waals surface area (Å²) < 4.78 is 28.2. The predicted molar refractivity (Wildman–Crippen MR) is 91.9 cm³/mol. The predicted octanol–water partition coefficient (Wildman–Crippen LogP) is 1.65. The molecule has 1 aliphatic heterocycles. The first-order valence-electron chi connectivity index (χ1n) is 8.29. The van der Waals surface area contributed by atoms with E-state index in [0.29, 0.717) is 24.5 Å². The molecule has 0 saturated carbocycles. The summed E-state index contributed by atoms with van der Waals surface area (Å²) in [4.78, 5) is 33.1. The number of aryl methyl sites for hydroxylation is 1. The van der Waals surface area contributed by atoms with E-state index in [1.165, 1.54) is 31.3 Å². The van der Waals surface area contributed by atoms with Crippen LogP contribution in [0.25, 0.3) is 11.4 Å². The van der Waals surface area contributed by atoms with Crippen molar-refractivity contribution in [2.24, 2.45) is 7.05 Å². The molecule has 9 heteroatoms. The lowest BCUT2D eigenvalue weighted by atomic mass is 10.1. The van der Waals surface area contributed by atoms with Crippen molar-refractivity contribution in [3.63, 3.8) is 0 Å². The third-order valence-electron chi connectivity index (χ3n) is 4.48. The number of hydrogen-bond acceptors (Lipinski definition) is 4. The summed E-state index contributed by atoms with van der Waals surface area (Å²) in [5.74, 6) is -1.37. The molecule has 27 heavy (non-hydrogen) atoms. The number of nitrogens with zero attached hydrogens (tertiary/aromatic N) is 4. The molecule has 7 nitrogen and oxygen atoms in total. The average Bonchev–Trinajstić information content (AvgIpc) is 3.06. The first-order chi connectivity index (χ1) is 12.9. The van der Waals surface area contributed by atoms with Crippen LogP contribution in [0.3, 0.4) is 0 Å². The number of carbonyl (C=O) groups excluding carboxylic acids is 1. The first-order valence-corrected chi connectivity index (χ1v) is 8.29. The second kappa shape index (κ2) is 6.42. The molecule has 0 bridgehead atoms. The van der Waals surface area contributed by atoms with Gasteiger partial charge in [-0.1, -0.05) is 0 Å². The van der Waals surface area contributed by atoms with Crippen molar-refractivity contribution >= 4 is 5.91 Å². The number of amides is 1. The molecule has 0 spiro atoms. The van der Waals surface area contributed by atoms with Crippen LogP contribution < -0.4 is 5.56 Å². The van der Waals surface area contributed by atoms with Gasteiger partial charge in [0.25, 0.3) is 11.5 Å². The van der Waals surface area contributed by atoms with Gasteiger partial charge in [0, 0.05) is 32.1 Å². The van der Waals surface area contributed by atoms with Gasteiger partial charge in [-0.15, -0.1) is 0 Å². The minimum absolute atomic E-state index is 0.170. The highest BCUT2D eigenvalue weighted by Gasteiger charge is 2.26. The lowest BCUT2D eigenvalue weighted by Gasteiger charge is -2.25. The highest BCUT2D eigenvalue weighted by atomic mass is 19.1. The van der Waals surface area contributed by atoms with Crippen LogP contribution in [-0.2, 0) is 20.0 Å². The molecule has 0 fully saturated rings. The Morgan fingerprint density at radius 2 is 2.04 bits per heavy atom. The van der Waals surface area contributed by atoms with Crippen LogP contribution in [0.4, 0.5) is 8.78 Å². The molecule has 2 aromatic heterocycles. The Labute approximate surface area is 152 Å². The molecular formula is C18H15F2N5O2. The van der Waals surface area contributed by atoms with E-state index >= 15 is 0 Å². The second-order valence-electron chi connectivity index (χ2n) is 6.29. The van der Waals surface area contributed by atoms with Crippen LogP contribution in [0.5, 0.6) is 0 Å². The molecule has 0 radical (unpaired) electrons. The maximum atomic E-state index is 14.0. The Morgan fingerprint density at radius 3 is 2.78 bits per heavy atom. The molecule has 3 aromatic rings. The second-order valence-corrected chi connectivity index (χ2v) is 6.29. The number of hydrogen-bond donors (Lipinski definition) is 1. The van der Waals surface area contributed by atoms with Gasteiger partial charge in [-0.3, -0.25) is 9.59 Å². The zero-order valence-electron chi connectivity index (χ0n) is 14.4. The highest BCUT2D eigenvalue weighted by molar-refractivity contribution is 5.92. The van der Waals surface area contributed by atoms with Gasteiger partial charge in [-0.2, -0.15) is 5.10 Å². The third kappa shape index (κ3) is 3.12. The minimum Gasteiger partial charge on any atom is -0.340 e. The Hall–Kier alpha value is -3.36. The lowest BCUT2D eigenvalue weighted by molar-refractivity contribution is 0.0723. The number of H-pyrrole nitrogens is 1. The fourth-order valence-electron chi connectivity index (χ4n) is 3.05. The normalized spacial score (nSPS) is 13.5. The number of carbonyl (C=O) groups is 1. The van der Waals surface area contributed by atoms with Crippen molar-refractivity contribution in [1.82, 2.24) is 24.6 Å². The van der Waals surface area contributed by atoms with E-state index in [2.05, 4.69) is 15.1 Å². The van der Waals surface area contributed by atoms with Gasteiger partial charge in [0.15, 0.2) is 0 Å². The van der Waals surface area contributed by atoms with Gasteiger partial charge in [0.1, 0.15) is 23.2 Å². The van der Waals surface area contributed by atoms with Crippen LogP contribution in [0, 0.1) is 11.6 Å². The minimum atomic E-state index is -0.705. The van der Waals surface area contributed by atoms with Crippen molar-refractivity contribution < 1.29 is 13.6 Å². The lowest BCUT2D eigenvalue weighted by Crippen LogP contribution is -2.37. The summed E-state index contributed by atoms with van der Waals surface area (Å²) in [7, 11) is 1.48.